The molecule has 0 radical (unpaired) electrons. The molecule has 0 saturated carbocycles. The number of hydrogen-bond acceptors (Lipinski definition) is 4. The second kappa shape index (κ2) is 6.37. The topological polar surface area (TPSA) is 79.2 Å². The van der Waals surface area contributed by atoms with Gasteiger partial charge in [-0.1, -0.05) is 13.8 Å². The Hall–Kier alpha value is -1.40. The lowest BCUT2D eigenvalue weighted by molar-refractivity contribution is 0.0847. The molecule has 0 bridgehead atoms. The van der Waals surface area contributed by atoms with Crippen LogP contribution in [0.4, 0.5) is 0 Å². The smallest absolute Gasteiger partial charge is 0.251 e. The van der Waals surface area contributed by atoms with Crippen LogP contribution in [0.5, 0.6) is 0 Å². The lowest BCUT2D eigenvalue weighted by Crippen LogP contribution is -2.36. The van der Waals surface area contributed by atoms with Gasteiger partial charge in [0.25, 0.3) is 5.91 Å². The normalized spacial score (nSPS) is 14.6. The zero-order chi connectivity index (χ0) is 15.4. The molecular formula is C14H22N2O3S. The maximum absolute atomic E-state index is 12.0. The van der Waals surface area contributed by atoms with Crippen LogP contribution in [-0.2, 0) is 14.5 Å². The van der Waals surface area contributed by atoms with E-state index < -0.39 is 9.73 Å². The van der Waals surface area contributed by atoms with Gasteiger partial charge in [0, 0.05) is 35.8 Å². The molecule has 112 valence electrons. The molecule has 0 spiro atoms. The van der Waals surface area contributed by atoms with Crippen LogP contribution in [0.15, 0.2) is 29.2 Å². The van der Waals surface area contributed by atoms with Gasteiger partial charge in [-0.3, -0.25) is 4.79 Å². The second-order valence-electron chi connectivity index (χ2n) is 5.65. The molecule has 1 aromatic carbocycles. The summed E-state index contributed by atoms with van der Waals surface area (Å²) in [5.74, 6) is -0.187. The van der Waals surface area contributed by atoms with Crippen molar-refractivity contribution in [3.05, 3.63) is 29.8 Å². The van der Waals surface area contributed by atoms with Gasteiger partial charge in [-0.15, -0.1) is 0 Å². The molecule has 1 amide bonds. The SMILES string of the molecule is COCC(C)(C)CNC(=O)c1ccc(S(C)(=N)=O)cc1. The van der Waals surface area contributed by atoms with Gasteiger partial charge in [0.2, 0.25) is 0 Å². The van der Waals surface area contributed by atoms with E-state index in [1.807, 2.05) is 13.8 Å². The molecule has 0 aromatic heterocycles. The molecule has 0 aliphatic heterocycles. The molecule has 1 aromatic rings. The average Bonchev–Trinajstić information content (AvgIpc) is 2.35. The number of methoxy groups -OCH3 is 1. The fourth-order valence-electron chi connectivity index (χ4n) is 1.73. The van der Waals surface area contributed by atoms with Gasteiger partial charge in [0.1, 0.15) is 0 Å². The number of carbonyl (C=O) groups is 1. The van der Waals surface area contributed by atoms with E-state index in [1.54, 1.807) is 31.4 Å². The molecule has 0 fully saturated rings. The zero-order valence-electron chi connectivity index (χ0n) is 12.4. The standard InChI is InChI=1S/C14H22N2O3S/c1-14(2,10-19-3)9-16-13(17)11-5-7-12(8-6-11)20(4,15)18/h5-8,15H,9-10H2,1-4H3,(H,16,17). The molecule has 2 N–H and O–H groups in total. The summed E-state index contributed by atoms with van der Waals surface area (Å²) in [4.78, 5) is 12.4. The highest BCUT2D eigenvalue weighted by Crippen LogP contribution is 2.14. The summed E-state index contributed by atoms with van der Waals surface area (Å²) in [6, 6.07) is 6.30. The first-order chi connectivity index (χ1) is 9.15. The Morgan fingerprint density at radius 3 is 2.35 bits per heavy atom. The van der Waals surface area contributed by atoms with Crippen molar-refractivity contribution in [1.82, 2.24) is 5.32 Å². The van der Waals surface area contributed by atoms with Crippen LogP contribution in [0, 0.1) is 10.2 Å². The Bertz CT molecular complexity index is 563. The molecule has 1 atom stereocenters. The van der Waals surface area contributed by atoms with Crippen LogP contribution < -0.4 is 5.32 Å². The lowest BCUT2D eigenvalue weighted by Gasteiger charge is -2.23. The Morgan fingerprint density at radius 2 is 1.90 bits per heavy atom. The fourth-order valence-corrected chi connectivity index (χ4v) is 2.38. The summed E-state index contributed by atoms with van der Waals surface area (Å²) in [6.07, 6.45) is 1.36. The number of amides is 1. The van der Waals surface area contributed by atoms with Gasteiger partial charge < -0.3 is 10.1 Å². The number of benzene rings is 1. The minimum absolute atomic E-state index is 0.136. The van der Waals surface area contributed by atoms with Crippen LogP contribution in [0.1, 0.15) is 24.2 Å². The molecule has 1 rings (SSSR count). The third-order valence-electron chi connectivity index (χ3n) is 2.83. The third kappa shape index (κ3) is 4.94. The van der Waals surface area contributed by atoms with Crippen molar-refractivity contribution in [1.29, 1.82) is 4.78 Å². The van der Waals surface area contributed by atoms with Crippen molar-refractivity contribution < 1.29 is 13.7 Å². The monoisotopic (exact) mass is 298 g/mol. The van der Waals surface area contributed by atoms with Gasteiger partial charge >= 0.3 is 0 Å². The number of hydrogen-bond donors (Lipinski definition) is 2. The first-order valence-corrected chi connectivity index (χ1v) is 8.23. The quantitative estimate of drug-likeness (QED) is 0.844. The highest BCUT2D eigenvalue weighted by atomic mass is 32.2. The Labute approximate surface area is 120 Å². The second-order valence-corrected chi connectivity index (χ2v) is 7.81. The predicted molar refractivity (Wildman–Crippen MR) is 79.5 cm³/mol. The minimum atomic E-state index is -2.74. The van der Waals surface area contributed by atoms with Crippen molar-refractivity contribution in [2.24, 2.45) is 5.41 Å². The molecule has 0 heterocycles. The van der Waals surface area contributed by atoms with Crippen LogP contribution >= 0.6 is 0 Å². The first-order valence-electron chi connectivity index (χ1n) is 6.27. The van der Waals surface area contributed by atoms with E-state index in [4.69, 9.17) is 9.52 Å². The van der Waals surface area contributed by atoms with Gasteiger partial charge in [-0.05, 0) is 24.3 Å². The summed E-state index contributed by atoms with van der Waals surface area (Å²) in [7, 11) is -1.11. The lowest BCUT2D eigenvalue weighted by atomic mass is 9.95. The van der Waals surface area contributed by atoms with Crippen molar-refractivity contribution in [2.75, 3.05) is 26.5 Å². The Morgan fingerprint density at radius 1 is 1.35 bits per heavy atom. The summed E-state index contributed by atoms with van der Waals surface area (Å²) in [5, 5.41) is 2.85. The largest absolute Gasteiger partial charge is 0.384 e. The first kappa shape index (κ1) is 16.7. The number of carbonyl (C=O) groups excluding carboxylic acids is 1. The van der Waals surface area contributed by atoms with Crippen molar-refractivity contribution >= 4 is 15.6 Å². The maximum Gasteiger partial charge on any atom is 0.251 e. The van der Waals surface area contributed by atoms with E-state index in [0.717, 1.165) is 0 Å². The molecule has 6 heteroatoms. The number of rotatable bonds is 6. The van der Waals surface area contributed by atoms with E-state index in [9.17, 15) is 9.00 Å². The summed E-state index contributed by atoms with van der Waals surface area (Å²) < 4.78 is 24.1. The van der Waals surface area contributed by atoms with Crippen LogP contribution in [0.3, 0.4) is 0 Å². The average molecular weight is 298 g/mol. The maximum atomic E-state index is 12.0. The minimum Gasteiger partial charge on any atom is -0.384 e. The molecule has 5 nitrogen and oxygen atoms in total. The van der Waals surface area contributed by atoms with E-state index in [-0.39, 0.29) is 11.3 Å². The van der Waals surface area contributed by atoms with Gasteiger partial charge in [0.15, 0.2) is 0 Å². The van der Waals surface area contributed by atoms with Crippen LogP contribution in [0.25, 0.3) is 0 Å². The Kier molecular flexibility index (Phi) is 5.30. The van der Waals surface area contributed by atoms with Crippen molar-refractivity contribution in [2.45, 2.75) is 18.7 Å². The van der Waals surface area contributed by atoms with E-state index in [0.29, 0.717) is 23.6 Å². The van der Waals surface area contributed by atoms with E-state index in [2.05, 4.69) is 5.32 Å². The Balaban J connectivity index is 2.70. The highest BCUT2D eigenvalue weighted by Gasteiger charge is 2.19. The van der Waals surface area contributed by atoms with Crippen LogP contribution in [0.2, 0.25) is 0 Å². The summed E-state index contributed by atoms with van der Waals surface area (Å²) in [5.41, 5.74) is 0.356. The summed E-state index contributed by atoms with van der Waals surface area (Å²) in [6.45, 7) is 5.08. The van der Waals surface area contributed by atoms with E-state index in [1.165, 1.54) is 6.26 Å². The predicted octanol–water partition coefficient (Wildman–Crippen LogP) is 2.12. The summed E-state index contributed by atoms with van der Waals surface area (Å²) >= 11 is 0. The van der Waals surface area contributed by atoms with Crippen molar-refractivity contribution in [3.8, 4) is 0 Å². The highest BCUT2D eigenvalue weighted by molar-refractivity contribution is 7.91. The molecule has 20 heavy (non-hydrogen) atoms. The molecule has 0 aliphatic rings. The molecule has 0 aliphatic carbocycles. The van der Waals surface area contributed by atoms with Crippen molar-refractivity contribution in [3.63, 3.8) is 0 Å². The molecule has 0 saturated heterocycles. The zero-order valence-corrected chi connectivity index (χ0v) is 13.2. The fraction of sp³-hybridized carbons (Fsp3) is 0.500. The van der Waals surface area contributed by atoms with Gasteiger partial charge in [-0.25, -0.2) is 8.99 Å². The van der Waals surface area contributed by atoms with Gasteiger partial charge in [0.05, 0.1) is 16.3 Å². The van der Waals surface area contributed by atoms with E-state index >= 15 is 0 Å². The third-order valence-corrected chi connectivity index (χ3v) is 4.00. The number of ether oxygens (including phenoxy) is 1. The molecular weight excluding hydrogens is 276 g/mol. The number of nitrogens with one attached hydrogen (secondary N) is 2. The van der Waals surface area contributed by atoms with Gasteiger partial charge in [-0.2, -0.15) is 0 Å². The molecule has 1 unspecified atom stereocenters. The van der Waals surface area contributed by atoms with Crippen LogP contribution in [-0.4, -0.2) is 36.6 Å².